The van der Waals surface area contributed by atoms with Crippen molar-refractivity contribution in [1.82, 2.24) is 5.32 Å². The molecule has 9 heteroatoms. The van der Waals surface area contributed by atoms with E-state index in [-0.39, 0.29) is 19.1 Å². The van der Waals surface area contributed by atoms with Crippen molar-refractivity contribution in [2.75, 3.05) is 40.9 Å². The summed E-state index contributed by atoms with van der Waals surface area (Å²) >= 11 is 0. The number of hydrogen-bond acceptors (Lipinski definition) is 5. The second kappa shape index (κ2) is 34.0. The number of hydrogen-bond donors (Lipinski definition) is 3. The van der Waals surface area contributed by atoms with Gasteiger partial charge in [-0.2, -0.15) is 0 Å². The summed E-state index contributed by atoms with van der Waals surface area (Å²) in [5, 5.41) is 13.8. The number of amides is 1. The molecule has 0 spiro atoms. The van der Waals surface area contributed by atoms with Crippen molar-refractivity contribution in [3.05, 3.63) is 12.2 Å². The maximum atomic E-state index is 12.8. The standard InChI is InChI=1S/C41H83N2O6P/c1-6-8-10-12-14-16-18-19-20-21-22-23-25-27-29-31-33-35-41(45)42-39(38-49-50(46,47)48-37-36-43(3,4)5)40(44)34-32-30-28-26-24-17-15-13-11-9-7-2/h32,34,39-40,44H,6-31,33,35-38H2,1-5H3,(H-,42,45,46,47)/p+1/b34-32+/t39-,40+/m0/s1. The number of quaternary nitrogens is 1. The van der Waals surface area contributed by atoms with E-state index in [1.807, 2.05) is 27.2 Å². The highest BCUT2D eigenvalue weighted by Crippen LogP contribution is 2.43. The van der Waals surface area contributed by atoms with Crippen molar-refractivity contribution in [2.45, 2.75) is 206 Å². The quantitative estimate of drug-likeness (QED) is 0.0253. The SMILES string of the molecule is CCCCCCCCCCC/C=C/[C@@H](O)[C@H](COP(=O)(O)OCC[N+](C)(C)C)NC(=O)CCCCCCCCCCCCCCCCCCC. The maximum Gasteiger partial charge on any atom is 0.472 e. The number of nitrogens with one attached hydrogen (secondary N) is 1. The van der Waals surface area contributed by atoms with Gasteiger partial charge < -0.3 is 19.8 Å². The minimum atomic E-state index is -4.32. The van der Waals surface area contributed by atoms with Crippen LogP contribution in [0.3, 0.4) is 0 Å². The maximum absolute atomic E-state index is 12.8. The number of allylic oxidation sites excluding steroid dienone is 1. The summed E-state index contributed by atoms with van der Waals surface area (Å²) in [6.45, 7) is 4.80. The van der Waals surface area contributed by atoms with E-state index in [0.29, 0.717) is 17.4 Å². The minimum absolute atomic E-state index is 0.0643. The fraction of sp³-hybridized carbons (Fsp3) is 0.927. The molecule has 0 aliphatic carbocycles. The fourth-order valence-corrected chi connectivity index (χ4v) is 6.84. The number of aliphatic hydroxyl groups excluding tert-OH is 1. The molecular formula is C41H84N2O6P+. The van der Waals surface area contributed by atoms with Gasteiger partial charge in [0.1, 0.15) is 13.2 Å². The van der Waals surface area contributed by atoms with Crippen LogP contribution in [0.15, 0.2) is 12.2 Å². The molecule has 8 nitrogen and oxygen atoms in total. The van der Waals surface area contributed by atoms with Crippen LogP contribution in [0, 0.1) is 0 Å². The molecule has 1 unspecified atom stereocenters. The van der Waals surface area contributed by atoms with Gasteiger partial charge in [-0.05, 0) is 19.3 Å². The highest BCUT2D eigenvalue weighted by Gasteiger charge is 2.27. The first kappa shape index (κ1) is 49.2. The van der Waals surface area contributed by atoms with Crippen LogP contribution in [0.25, 0.3) is 0 Å². The van der Waals surface area contributed by atoms with Crippen molar-refractivity contribution in [2.24, 2.45) is 0 Å². The van der Waals surface area contributed by atoms with Gasteiger partial charge in [-0.3, -0.25) is 13.8 Å². The lowest BCUT2D eigenvalue weighted by Gasteiger charge is -2.25. The van der Waals surface area contributed by atoms with E-state index in [1.165, 1.54) is 135 Å². The van der Waals surface area contributed by atoms with E-state index in [1.54, 1.807) is 6.08 Å². The van der Waals surface area contributed by atoms with E-state index in [9.17, 15) is 19.4 Å². The normalized spacial score (nSPS) is 14.6. The second-order valence-electron chi connectivity index (χ2n) is 15.7. The topological polar surface area (TPSA) is 105 Å². The van der Waals surface area contributed by atoms with E-state index < -0.39 is 20.0 Å². The zero-order chi connectivity index (χ0) is 37.2. The molecule has 0 heterocycles. The number of aliphatic hydroxyl groups is 1. The molecule has 3 N–H and O–H groups in total. The third-order valence-corrected chi connectivity index (χ3v) is 10.5. The van der Waals surface area contributed by atoms with Crippen molar-refractivity contribution >= 4 is 13.7 Å². The molecule has 0 radical (unpaired) electrons. The van der Waals surface area contributed by atoms with Crippen molar-refractivity contribution in [3.8, 4) is 0 Å². The molecule has 0 fully saturated rings. The van der Waals surface area contributed by atoms with Gasteiger partial charge >= 0.3 is 7.82 Å². The van der Waals surface area contributed by atoms with Crippen molar-refractivity contribution in [3.63, 3.8) is 0 Å². The van der Waals surface area contributed by atoms with Gasteiger partial charge in [0.25, 0.3) is 0 Å². The molecule has 0 aromatic carbocycles. The Morgan fingerprint density at radius 2 is 1.06 bits per heavy atom. The Balaban J connectivity index is 4.38. The van der Waals surface area contributed by atoms with Gasteiger partial charge in [-0.1, -0.05) is 180 Å². The van der Waals surface area contributed by atoms with Crippen molar-refractivity contribution < 1.29 is 32.9 Å². The summed E-state index contributed by atoms with van der Waals surface area (Å²) in [7, 11) is 1.58. The summed E-state index contributed by atoms with van der Waals surface area (Å²) in [5.41, 5.74) is 0. The van der Waals surface area contributed by atoms with Gasteiger partial charge in [-0.15, -0.1) is 0 Å². The lowest BCUT2D eigenvalue weighted by Crippen LogP contribution is -2.45. The predicted octanol–water partition coefficient (Wildman–Crippen LogP) is 11.2. The van der Waals surface area contributed by atoms with Gasteiger partial charge in [0.15, 0.2) is 0 Å². The summed E-state index contributed by atoms with van der Waals surface area (Å²) < 4.78 is 23.5. The number of phosphoric acid groups is 1. The van der Waals surface area contributed by atoms with Crippen molar-refractivity contribution in [1.29, 1.82) is 0 Å². The number of carbonyl (C=O) groups is 1. The molecule has 0 rings (SSSR count). The molecule has 0 aromatic rings. The largest absolute Gasteiger partial charge is 0.472 e. The number of rotatable bonds is 38. The summed E-state index contributed by atoms with van der Waals surface area (Å²) in [6, 6.07) is -0.838. The Morgan fingerprint density at radius 1 is 0.660 bits per heavy atom. The average molecular weight is 732 g/mol. The van der Waals surface area contributed by atoms with Crippen LogP contribution in [0.4, 0.5) is 0 Å². The van der Waals surface area contributed by atoms with Crippen LogP contribution in [0.5, 0.6) is 0 Å². The van der Waals surface area contributed by atoms with Crippen LogP contribution < -0.4 is 5.32 Å². The summed E-state index contributed by atoms with van der Waals surface area (Å²) in [5.74, 6) is -0.176. The van der Waals surface area contributed by atoms with Crippen LogP contribution in [0.1, 0.15) is 194 Å². The van der Waals surface area contributed by atoms with E-state index in [2.05, 4.69) is 19.2 Å². The Kier molecular flexibility index (Phi) is 33.5. The predicted molar refractivity (Wildman–Crippen MR) is 212 cm³/mol. The first-order chi connectivity index (χ1) is 24.0. The molecule has 0 aliphatic heterocycles. The van der Waals surface area contributed by atoms with E-state index in [4.69, 9.17) is 9.05 Å². The van der Waals surface area contributed by atoms with Gasteiger partial charge in [0, 0.05) is 6.42 Å². The van der Waals surface area contributed by atoms with E-state index >= 15 is 0 Å². The molecule has 0 saturated carbocycles. The molecule has 1 amide bonds. The second-order valence-corrected chi connectivity index (χ2v) is 17.2. The summed E-state index contributed by atoms with van der Waals surface area (Å²) in [6.07, 6.45) is 37.0. The van der Waals surface area contributed by atoms with Gasteiger partial charge in [0.05, 0.1) is 39.9 Å². The molecule has 298 valence electrons. The molecule has 3 atom stereocenters. The number of carbonyl (C=O) groups excluding carboxylic acids is 1. The highest BCUT2D eigenvalue weighted by molar-refractivity contribution is 7.47. The molecule has 0 saturated heterocycles. The van der Waals surface area contributed by atoms with Crippen LogP contribution in [-0.4, -0.2) is 73.4 Å². The fourth-order valence-electron chi connectivity index (χ4n) is 6.10. The monoisotopic (exact) mass is 732 g/mol. The van der Waals surface area contributed by atoms with Crippen LogP contribution >= 0.6 is 7.82 Å². The Hall–Kier alpha value is -0.760. The first-order valence-electron chi connectivity index (χ1n) is 21.1. The molecule has 0 aliphatic rings. The molecule has 50 heavy (non-hydrogen) atoms. The summed E-state index contributed by atoms with van der Waals surface area (Å²) in [4.78, 5) is 23.0. The lowest BCUT2D eigenvalue weighted by atomic mass is 10.0. The van der Waals surface area contributed by atoms with Gasteiger partial charge in [-0.25, -0.2) is 4.57 Å². The van der Waals surface area contributed by atoms with Gasteiger partial charge in [0.2, 0.25) is 5.91 Å². The smallest absolute Gasteiger partial charge is 0.387 e. The zero-order valence-electron chi connectivity index (χ0n) is 33.7. The van der Waals surface area contributed by atoms with Crippen LogP contribution in [0.2, 0.25) is 0 Å². The third-order valence-electron chi connectivity index (χ3n) is 9.51. The molecule has 0 bridgehead atoms. The van der Waals surface area contributed by atoms with Crippen LogP contribution in [-0.2, 0) is 18.4 Å². The lowest BCUT2D eigenvalue weighted by molar-refractivity contribution is -0.870. The highest BCUT2D eigenvalue weighted by atomic mass is 31.2. The molecular weight excluding hydrogens is 647 g/mol. The van der Waals surface area contributed by atoms with E-state index in [0.717, 1.165) is 38.5 Å². The molecule has 0 aromatic heterocycles. The number of nitrogens with zero attached hydrogens (tertiary/aromatic N) is 1. The number of likely N-dealkylation sites (N-methyl/N-ethyl adjacent to an activating group) is 1. The first-order valence-corrected chi connectivity index (χ1v) is 22.6. The average Bonchev–Trinajstić information content (AvgIpc) is 3.06. The Labute approximate surface area is 310 Å². The number of unbranched alkanes of at least 4 members (excludes halogenated alkanes) is 25. The Bertz CT molecular complexity index is 834. The Morgan fingerprint density at radius 3 is 1.48 bits per heavy atom. The minimum Gasteiger partial charge on any atom is -0.387 e. The zero-order valence-corrected chi connectivity index (χ0v) is 34.5. The third kappa shape index (κ3) is 35.6. The number of phosphoric ester groups is 1.